The number of benzene rings is 2. The molecule has 25 heteroatoms. The Bertz CT molecular complexity index is 2510. The molecule has 2 aromatic rings. The van der Waals surface area contributed by atoms with Crippen molar-refractivity contribution in [3.8, 4) is 0 Å². The number of ether oxygens (including phenoxy) is 9. The standard InChI is InChI=1S/C49H55Cl6NO18/c1-24-28(69-39(61)33(58)32(26-15-11-9-12-16-26)56-40(62)74-43(3,4)5)20-47(65)37(72-38(60)27-17-13-10-14-18-27)35-45(8,36(59)34(31(24)44(47,6)7)71-42(64)68-23-49(53,54)55)29(70-41(63)67-22-48(50,51)52)19-30-46(35,21-66-30)73-25(2)57/h9-18,28-30,32-35,37,58,65H,19-23H2,1-8H3,(H,56,62)/t28-,29-,30?,32-,33+,34+,35?,37-,45+,46-,47+/m0/s1. The number of alkyl carbamates (subject to hydrolysis) is 1. The molecule has 0 radical (unpaired) electrons. The number of aliphatic hydroxyl groups excluding tert-OH is 1. The summed E-state index contributed by atoms with van der Waals surface area (Å²) >= 11 is 35.4. The van der Waals surface area contributed by atoms with Gasteiger partial charge in [0.2, 0.25) is 7.59 Å². The van der Waals surface area contributed by atoms with Crippen molar-refractivity contribution in [1.29, 1.82) is 0 Å². The number of hydrogen-bond donors (Lipinski definition) is 3. The van der Waals surface area contributed by atoms with Crippen molar-refractivity contribution >= 4 is 112 Å². The SMILES string of the molecule is CC(=O)O[C@@]12COC1C[C@H](OC(=O)OCC(Cl)(Cl)Cl)[C@@]1(C)C(=O)[C@H](OC(=O)OCC(Cl)(Cl)Cl)C3=C(C)[C@@H](OC(=O)[C@H](O)[C@@H](NC(=O)OC(C)(C)C)c4ccccc4)C[C@@](O)([C@@H](OC(=O)c4ccccc4)C21)C3(C)C. The zero-order valence-corrected chi connectivity index (χ0v) is 45.7. The highest BCUT2D eigenvalue weighted by atomic mass is 35.6. The second-order valence-electron chi connectivity index (χ2n) is 20.1. The third kappa shape index (κ3) is 12.4. The second-order valence-corrected chi connectivity index (χ2v) is 25.1. The third-order valence-electron chi connectivity index (χ3n) is 13.7. The first-order valence-corrected chi connectivity index (χ1v) is 25.2. The Kier molecular flexibility index (Phi) is 17.5. The van der Waals surface area contributed by atoms with Crippen molar-refractivity contribution in [3.63, 3.8) is 0 Å². The van der Waals surface area contributed by atoms with Gasteiger partial charge in [-0.2, -0.15) is 0 Å². The molecule has 2 bridgehead atoms. The van der Waals surface area contributed by atoms with Crippen LogP contribution in [0, 0.1) is 16.7 Å². The number of halogens is 6. The Morgan fingerprint density at radius 1 is 0.824 bits per heavy atom. The van der Waals surface area contributed by atoms with Crippen molar-refractivity contribution in [1.82, 2.24) is 5.32 Å². The highest BCUT2D eigenvalue weighted by Crippen LogP contribution is 2.65. The Morgan fingerprint density at radius 3 is 1.89 bits per heavy atom. The van der Waals surface area contributed by atoms with Crippen LogP contribution in [0.15, 0.2) is 71.8 Å². The number of carbonyl (C=O) groups excluding carboxylic acids is 7. The molecule has 0 aromatic heterocycles. The van der Waals surface area contributed by atoms with Gasteiger partial charge in [-0.1, -0.05) is 132 Å². The van der Waals surface area contributed by atoms with E-state index in [0.717, 1.165) is 6.92 Å². The minimum atomic E-state index is -2.66. The van der Waals surface area contributed by atoms with Gasteiger partial charge >= 0.3 is 36.3 Å². The molecule has 19 nitrogen and oxygen atoms in total. The number of fused-ring (bicyclic) bond motifs is 5. The highest BCUT2D eigenvalue weighted by molar-refractivity contribution is 6.68. The van der Waals surface area contributed by atoms with Crippen molar-refractivity contribution in [3.05, 3.63) is 82.9 Å². The number of alkyl halides is 6. The van der Waals surface area contributed by atoms with Gasteiger partial charge < -0.3 is 58.2 Å². The van der Waals surface area contributed by atoms with E-state index in [0.29, 0.717) is 0 Å². The summed E-state index contributed by atoms with van der Waals surface area (Å²) in [7, 11) is 0. The van der Waals surface area contributed by atoms with Crippen LogP contribution in [-0.4, -0.2) is 133 Å². The van der Waals surface area contributed by atoms with Gasteiger partial charge in [-0.25, -0.2) is 24.0 Å². The van der Waals surface area contributed by atoms with Crippen LogP contribution in [0.1, 0.15) is 90.2 Å². The molecule has 2 aromatic carbocycles. The zero-order valence-electron chi connectivity index (χ0n) is 41.1. The van der Waals surface area contributed by atoms with Crippen LogP contribution in [-0.2, 0) is 57.0 Å². The number of hydrogen-bond acceptors (Lipinski definition) is 18. The fraction of sp³-hybridized carbons (Fsp3) is 0.571. The minimum Gasteiger partial charge on any atom is -0.456 e. The molecule has 0 spiro atoms. The Labute approximate surface area is 455 Å². The van der Waals surface area contributed by atoms with E-state index in [1.165, 1.54) is 64.1 Å². The monoisotopic (exact) mass is 1160 g/mol. The lowest BCUT2D eigenvalue weighted by molar-refractivity contribution is -0.346. The molecular weight excluding hydrogens is 1100 g/mol. The Balaban J connectivity index is 1.61. The minimum absolute atomic E-state index is 0.0470. The molecule has 11 atom stereocenters. The topological polar surface area (TPSA) is 255 Å². The van der Waals surface area contributed by atoms with Crippen molar-refractivity contribution < 1.29 is 86.4 Å². The molecule has 74 heavy (non-hydrogen) atoms. The number of ketones is 1. The number of rotatable bonds is 12. The fourth-order valence-electron chi connectivity index (χ4n) is 10.3. The summed E-state index contributed by atoms with van der Waals surface area (Å²) in [4.78, 5) is 99.4. The lowest BCUT2D eigenvalue weighted by atomic mass is 9.44. The van der Waals surface area contributed by atoms with Gasteiger partial charge in [0.05, 0.1) is 29.5 Å². The maximum Gasteiger partial charge on any atom is 0.509 e. The fourth-order valence-corrected chi connectivity index (χ4v) is 10.7. The summed E-state index contributed by atoms with van der Waals surface area (Å²) in [6, 6.07) is 13.8. The molecular formula is C49H55Cl6NO18. The van der Waals surface area contributed by atoms with Crippen LogP contribution in [0.4, 0.5) is 14.4 Å². The first-order chi connectivity index (χ1) is 34.1. The first kappa shape index (κ1) is 58.9. The molecule has 3 aliphatic carbocycles. The van der Waals surface area contributed by atoms with E-state index < -0.39 is 159 Å². The lowest BCUT2D eigenvalue weighted by Crippen LogP contribution is -2.82. The highest BCUT2D eigenvalue weighted by Gasteiger charge is 2.79. The average Bonchev–Trinajstić information content (AvgIpc) is 3.29. The summed E-state index contributed by atoms with van der Waals surface area (Å²) in [6.45, 7) is 9.11. The molecule has 1 saturated heterocycles. The lowest BCUT2D eigenvalue weighted by Gasteiger charge is -2.67. The van der Waals surface area contributed by atoms with E-state index in [1.54, 1.807) is 45.0 Å². The van der Waals surface area contributed by atoms with Gasteiger partial charge in [-0.05, 0) is 63.5 Å². The quantitative estimate of drug-likeness (QED) is 0.0781. The van der Waals surface area contributed by atoms with Crippen LogP contribution in [0.25, 0.3) is 0 Å². The van der Waals surface area contributed by atoms with E-state index in [-0.39, 0.29) is 22.3 Å². The Hall–Kier alpha value is -4.31. The summed E-state index contributed by atoms with van der Waals surface area (Å²) < 4.78 is 47.9. The van der Waals surface area contributed by atoms with Crippen molar-refractivity contribution in [2.75, 3.05) is 19.8 Å². The van der Waals surface area contributed by atoms with Crippen LogP contribution in [0.3, 0.4) is 0 Å². The van der Waals surface area contributed by atoms with E-state index in [9.17, 15) is 39.0 Å². The van der Waals surface area contributed by atoms with E-state index in [1.807, 2.05) is 0 Å². The summed E-state index contributed by atoms with van der Waals surface area (Å²) in [5.41, 5.74) is -10.2. The van der Waals surface area contributed by atoms with Gasteiger partial charge in [0.15, 0.2) is 23.6 Å². The van der Waals surface area contributed by atoms with Gasteiger partial charge in [-0.3, -0.25) is 9.59 Å². The maximum atomic E-state index is 16.3. The summed E-state index contributed by atoms with van der Waals surface area (Å²) in [5, 5.41) is 28.4. The second kappa shape index (κ2) is 22.0. The third-order valence-corrected chi connectivity index (χ3v) is 14.3. The predicted molar refractivity (Wildman–Crippen MR) is 265 cm³/mol. The van der Waals surface area contributed by atoms with Crippen LogP contribution in [0.5, 0.6) is 0 Å². The molecule has 3 N–H and O–H groups in total. The normalized spacial score (nSPS) is 29.2. The molecule has 2 unspecified atom stereocenters. The molecule has 2 saturated carbocycles. The van der Waals surface area contributed by atoms with Gasteiger partial charge in [0.25, 0.3) is 0 Å². The molecule has 1 amide bonds. The maximum absolute atomic E-state index is 16.3. The first-order valence-electron chi connectivity index (χ1n) is 22.9. The van der Waals surface area contributed by atoms with E-state index >= 15 is 4.79 Å². The predicted octanol–water partition coefficient (Wildman–Crippen LogP) is 8.32. The smallest absolute Gasteiger partial charge is 0.456 e. The summed E-state index contributed by atoms with van der Waals surface area (Å²) in [6.07, 6.45) is -16.6. The number of aliphatic hydroxyl groups is 2. The number of amides is 1. The number of nitrogens with one attached hydrogen (secondary N) is 1. The largest absolute Gasteiger partial charge is 0.509 e. The van der Waals surface area contributed by atoms with Crippen molar-refractivity contribution in [2.24, 2.45) is 16.7 Å². The van der Waals surface area contributed by atoms with Gasteiger partial charge in [0.1, 0.15) is 48.8 Å². The van der Waals surface area contributed by atoms with Gasteiger partial charge in [0, 0.05) is 25.2 Å². The molecule has 1 aliphatic heterocycles. The Morgan fingerprint density at radius 2 is 1.38 bits per heavy atom. The summed E-state index contributed by atoms with van der Waals surface area (Å²) in [5.74, 6) is -6.38. The molecule has 6 rings (SSSR count). The molecule has 406 valence electrons. The van der Waals surface area contributed by atoms with E-state index in [4.69, 9.17) is 112 Å². The van der Waals surface area contributed by atoms with Crippen LogP contribution < -0.4 is 5.32 Å². The van der Waals surface area contributed by atoms with Crippen LogP contribution in [0.2, 0.25) is 0 Å². The molecule has 1 heterocycles. The van der Waals surface area contributed by atoms with Crippen LogP contribution >= 0.6 is 69.6 Å². The number of Topliss-reactive ketones (excluding diaryl/α,β-unsaturated/α-hetero) is 1. The molecule has 4 aliphatic rings. The number of carbonyl (C=O) groups is 7. The average molecular weight is 1160 g/mol. The number of esters is 3. The molecule has 3 fully saturated rings. The van der Waals surface area contributed by atoms with Crippen molar-refractivity contribution in [2.45, 2.75) is 135 Å². The zero-order chi connectivity index (χ0) is 55.1. The van der Waals surface area contributed by atoms with E-state index in [2.05, 4.69) is 5.32 Å². The van der Waals surface area contributed by atoms with Gasteiger partial charge in [-0.15, -0.1) is 0 Å².